The van der Waals surface area contributed by atoms with Crippen LogP contribution in [0.2, 0.25) is 0 Å². The number of likely N-dealkylation sites (N-methyl/N-ethyl adjacent to an activating group) is 1. The van der Waals surface area contributed by atoms with E-state index < -0.39 is 0 Å². The van der Waals surface area contributed by atoms with Gasteiger partial charge in [0.25, 0.3) is 0 Å². The zero-order valence-electron chi connectivity index (χ0n) is 14.0. The molecule has 1 atom stereocenters. The standard InChI is InChI=1S/C18H24N4OS/c1-2-22-11-14-7-4-3-6-13(14)10-16(22)17(23)20-9-5-8-15-12-24-18(19)21-15/h3-4,6-7,12,16H,2,5,8-11H2,1H3,(H2,19,21)(H,20,23). The number of aromatic nitrogens is 1. The number of carbonyl (C=O) groups excluding carboxylic acids is 1. The Morgan fingerprint density at radius 2 is 2.21 bits per heavy atom. The van der Waals surface area contributed by atoms with Crippen LogP contribution in [0.1, 0.15) is 30.2 Å². The van der Waals surface area contributed by atoms with Crippen LogP contribution in [0.25, 0.3) is 0 Å². The van der Waals surface area contributed by atoms with Gasteiger partial charge >= 0.3 is 0 Å². The van der Waals surface area contributed by atoms with E-state index in [0.29, 0.717) is 11.7 Å². The first-order chi connectivity index (χ1) is 11.7. The Hall–Kier alpha value is -1.92. The van der Waals surface area contributed by atoms with Crippen molar-refractivity contribution in [3.05, 3.63) is 46.5 Å². The number of carbonyl (C=O) groups is 1. The fraction of sp³-hybridized carbons (Fsp3) is 0.444. The number of amides is 1. The monoisotopic (exact) mass is 344 g/mol. The van der Waals surface area contributed by atoms with Crippen molar-refractivity contribution < 1.29 is 4.79 Å². The van der Waals surface area contributed by atoms with Crippen LogP contribution >= 0.6 is 11.3 Å². The molecule has 1 unspecified atom stereocenters. The van der Waals surface area contributed by atoms with Crippen molar-refractivity contribution in [2.45, 2.75) is 38.8 Å². The van der Waals surface area contributed by atoms with E-state index in [0.717, 1.165) is 38.0 Å². The minimum Gasteiger partial charge on any atom is -0.375 e. The van der Waals surface area contributed by atoms with Gasteiger partial charge in [0.05, 0.1) is 11.7 Å². The number of nitrogens with one attached hydrogen (secondary N) is 1. The fourth-order valence-corrected chi connectivity index (χ4v) is 3.80. The Morgan fingerprint density at radius 3 is 2.92 bits per heavy atom. The first kappa shape index (κ1) is 16.9. The lowest BCUT2D eigenvalue weighted by Gasteiger charge is -2.35. The molecule has 0 aliphatic carbocycles. The third-order valence-corrected chi connectivity index (χ3v) is 5.26. The van der Waals surface area contributed by atoms with Gasteiger partial charge in [0.1, 0.15) is 0 Å². The van der Waals surface area contributed by atoms with E-state index in [1.165, 1.54) is 22.5 Å². The maximum Gasteiger partial charge on any atom is 0.237 e. The molecule has 3 N–H and O–H groups in total. The summed E-state index contributed by atoms with van der Waals surface area (Å²) in [5, 5.41) is 5.67. The largest absolute Gasteiger partial charge is 0.375 e. The van der Waals surface area contributed by atoms with Crippen molar-refractivity contribution in [3.63, 3.8) is 0 Å². The van der Waals surface area contributed by atoms with Gasteiger partial charge in [-0.3, -0.25) is 9.69 Å². The number of anilines is 1. The van der Waals surface area contributed by atoms with Crippen LogP contribution < -0.4 is 11.1 Å². The van der Waals surface area contributed by atoms with E-state index in [1.54, 1.807) is 0 Å². The summed E-state index contributed by atoms with van der Waals surface area (Å²) in [7, 11) is 0. The van der Waals surface area contributed by atoms with E-state index in [4.69, 9.17) is 5.73 Å². The van der Waals surface area contributed by atoms with Crippen LogP contribution in [-0.2, 0) is 24.2 Å². The molecule has 2 heterocycles. The Kier molecular flexibility index (Phi) is 5.48. The van der Waals surface area contributed by atoms with Crippen molar-refractivity contribution in [1.29, 1.82) is 0 Å². The van der Waals surface area contributed by atoms with Crippen LogP contribution in [0.4, 0.5) is 5.13 Å². The van der Waals surface area contributed by atoms with E-state index in [1.807, 2.05) is 5.38 Å². The zero-order valence-corrected chi connectivity index (χ0v) is 14.8. The van der Waals surface area contributed by atoms with Crippen LogP contribution in [0, 0.1) is 0 Å². The van der Waals surface area contributed by atoms with Gasteiger partial charge in [0.2, 0.25) is 5.91 Å². The number of aryl methyl sites for hydroxylation is 1. The molecule has 6 heteroatoms. The minimum atomic E-state index is -0.0696. The number of fused-ring (bicyclic) bond motifs is 1. The molecule has 1 aliphatic rings. The Labute approximate surface area is 146 Å². The molecule has 1 amide bonds. The highest BCUT2D eigenvalue weighted by molar-refractivity contribution is 7.13. The average Bonchev–Trinajstić information content (AvgIpc) is 3.02. The Morgan fingerprint density at radius 1 is 1.42 bits per heavy atom. The summed E-state index contributed by atoms with van der Waals surface area (Å²) in [6.07, 6.45) is 2.52. The molecule has 3 rings (SSSR count). The molecule has 0 saturated heterocycles. The maximum atomic E-state index is 12.6. The molecule has 0 radical (unpaired) electrons. The summed E-state index contributed by atoms with van der Waals surface area (Å²) >= 11 is 1.46. The van der Waals surface area contributed by atoms with E-state index >= 15 is 0 Å². The summed E-state index contributed by atoms with van der Waals surface area (Å²) in [5.74, 6) is 0.129. The van der Waals surface area contributed by atoms with Crippen molar-refractivity contribution >= 4 is 22.4 Å². The smallest absolute Gasteiger partial charge is 0.237 e. The van der Waals surface area contributed by atoms with Crippen LogP contribution in [-0.4, -0.2) is 34.9 Å². The van der Waals surface area contributed by atoms with Crippen LogP contribution in [0.15, 0.2) is 29.6 Å². The Balaban J connectivity index is 1.52. The summed E-state index contributed by atoms with van der Waals surface area (Å²) in [6.45, 7) is 4.51. The van der Waals surface area contributed by atoms with Gasteiger partial charge in [-0.05, 0) is 36.9 Å². The van der Waals surface area contributed by atoms with Gasteiger partial charge in [-0.25, -0.2) is 4.98 Å². The predicted molar refractivity (Wildman–Crippen MR) is 97.9 cm³/mol. The number of nitrogens with zero attached hydrogens (tertiary/aromatic N) is 2. The normalized spacial score (nSPS) is 17.5. The van der Waals surface area contributed by atoms with Crippen molar-refractivity contribution in [3.8, 4) is 0 Å². The van der Waals surface area contributed by atoms with Gasteiger partial charge < -0.3 is 11.1 Å². The van der Waals surface area contributed by atoms with Gasteiger partial charge in [0, 0.05) is 18.5 Å². The molecule has 1 aromatic heterocycles. The summed E-state index contributed by atoms with van der Waals surface area (Å²) in [4.78, 5) is 19.1. The molecule has 2 aromatic rings. The summed E-state index contributed by atoms with van der Waals surface area (Å²) in [6, 6.07) is 8.34. The fourth-order valence-electron chi connectivity index (χ4n) is 3.20. The van der Waals surface area contributed by atoms with E-state index in [2.05, 4.69) is 46.4 Å². The molecule has 0 fully saturated rings. The molecule has 1 aliphatic heterocycles. The lowest BCUT2D eigenvalue weighted by Crippen LogP contribution is -2.50. The number of nitrogens with two attached hydrogens (primary N) is 1. The van der Waals surface area contributed by atoms with E-state index in [9.17, 15) is 4.79 Å². The van der Waals surface area contributed by atoms with Crippen molar-refractivity contribution in [1.82, 2.24) is 15.2 Å². The molecular formula is C18H24N4OS. The second-order valence-corrected chi connectivity index (χ2v) is 7.01. The predicted octanol–water partition coefficient (Wildman–Crippen LogP) is 2.22. The first-order valence-electron chi connectivity index (χ1n) is 8.45. The number of hydrogen-bond donors (Lipinski definition) is 2. The van der Waals surface area contributed by atoms with Gasteiger partial charge in [-0.2, -0.15) is 0 Å². The highest BCUT2D eigenvalue weighted by atomic mass is 32.1. The lowest BCUT2D eigenvalue weighted by molar-refractivity contribution is -0.127. The number of thiazole rings is 1. The minimum absolute atomic E-state index is 0.0696. The topological polar surface area (TPSA) is 71.2 Å². The van der Waals surface area contributed by atoms with Crippen LogP contribution in [0.5, 0.6) is 0 Å². The zero-order chi connectivity index (χ0) is 16.9. The third-order valence-electron chi connectivity index (χ3n) is 4.53. The molecule has 0 spiro atoms. The first-order valence-corrected chi connectivity index (χ1v) is 9.33. The second kappa shape index (κ2) is 7.77. The number of nitrogen functional groups attached to an aromatic ring is 1. The van der Waals surface area contributed by atoms with Crippen molar-refractivity contribution in [2.75, 3.05) is 18.8 Å². The average molecular weight is 344 g/mol. The lowest BCUT2D eigenvalue weighted by atomic mass is 9.93. The number of benzene rings is 1. The molecular weight excluding hydrogens is 320 g/mol. The summed E-state index contributed by atoms with van der Waals surface area (Å²) in [5.41, 5.74) is 9.27. The molecule has 1 aromatic carbocycles. The molecule has 0 bridgehead atoms. The second-order valence-electron chi connectivity index (χ2n) is 6.12. The number of rotatable bonds is 6. The molecule has 0 saturated carbocycles. The SMILES string of the molecule is CCN1Cc2ccccc2CC1C(=O)NCCCc1csc(N)n1. The molecule has 24 heavy (non-hydrogen) atoms. The highest BCUT2D eigenvalue weighted by Crippen LogP contribution is 2.23. The van der Waals surface area contributed by atoms with Gasteiger partial charge in [-0.1, -0.05) is 31.2 Å². The highest BCUT2D eigenvalue weighted by Gasteiger charge is 2.29. The van der Waals surface area contributed by atoms with Gasteiger partial charge in [0.15, 0.2) is 5.13 Å². The number of hydrogen-bond acceptors (Lipinski definition) is 5. The Bertz CT molecular complexity index is 700. The quantitative estimate of drug-likeness (QED) is 0.788. The molecule has 5 nitrogen and oxygen atoms in total. The van der Waals surface area contributed by atoms with Gasteiger partial charge in [-0.15, -0.1) is 11.3 Å². The van der Waals surface area contributed by atoms with E-state index in [-0.39, 0.29) is 11.9 Å². The maximum absolute atomic E-state index is 12.6. The van der Waals surface area contributed by atoms with Crippen molar-refractivity contribution in [2.24, 2.45) is 0 Å². The molecule has 128 valence electrons. The van der Waals surface area contributed by atoms with Crippen LogP contribution in [0.3, 0.4) is 0 Å². The third kappa shape index (κ3) is 3.94. The summed E-state index contributed by atoms with van der Waals surface area (Å²) < 4.78 is 0.